The van der Waals surface area contributed by atoms with Crippen LogP contribution < -0.4 is 15.9 Å². The zero-order valence-corrected chi connectivity index (χ0v) is 22.7. The van der Waals surface area contributed by atoms with Crippen LogP contribution in [0.3, 0.4) is 0 Å². The van der Waals surface area contributed by atoms with Crippen molar-refractivity contribution in [1.29, 1.82) is 0 Å². The first kappa shape index (κ1) is 26.3. The Morgan fingerprint density at radius 2 is 1.33 bits per heavy atom. The van der Waals surface area contributed by atoms with Gasteiger partial charge < -0.3 is 5.11 Å². The van der Waals surface area contributed by atoms with Crippen molar-refractivity contribution in [3.8, 4) is 0 Å². The van der Waals surface area contributed by atoms with Crippen molar-refractivity contribution < 1.29 is 9.90 Å². The summed E-state index contributed by atoms with van der Waals surface area (Å²) in [6, 6.07) is 32.8. The largest absolute Gasteiger partial charge is 0.385 e. The summed E-state index contributed by atoms with van der Waals surface area (Å²) in [5.74, 6) is -0.112. The van der Waals surface area contributed by atoms with Gasteiger partial charge in [0, 0.05) is 5.92 Å². The van der Waals surface area contributed by atoms with Crippen LogP contribution in [-0.4, -0.2) is 23.2 Å². The molecule has 1 aliphatic carbocycles. The molecule has 4 rings (SSSR count). The first-order valence-corrected chi connectivity index (χ1v) is 14.8. The van der Waals surface area contributed by atoms with Gasteiger partial charge in [-0.15, -0.1) is 0 Å². The van der Waals surface area contributed by atoms with Gasteiger partial charge in [0.05, 0.1) is 6.16 Å². The van der Waals surface area contributed by atoms with Crippen LogP contribution in [0.5, 0.6) is 0 Å². The van der Waals surface area contributed by atoms with E-state index in [2.05, 4.69) is 130 Å². The molecular formula is C33H38O2P+. The summed E-state index contributed by atoms with van der Waals surface area (Å²) in [6.07, 6.45) is 7.34. The van der Waals surface area contributed by atoms with Gasteiger partial charge in [0.15, 0.2) is 5.78 Å². The molecule has 36 heavy (non-hydrogen) atoms. The fourth-order valence-corrected chi connectivity index (χ4v) is 9.87. The van der Waals surface area contributed by atoms with Crippen molar-refractivity contribution >= 4 is 29.0 Å². The van der Waals surface area contributed by atoms with Gasteiger partial charge in [0.2, 0.25) is 0 Å². The Morgan fingerprint density at radius 1 is 0.889 bits per heavy atom. The molecule has 0 amide bonds. The van der Waals surface area contributed by atoms with E-state index in [9.17, 15) is 9.90 Å². The fourth-order valence-electron chi connectivity index (χ4n) is 5.73. The molecule has 2 nitrogen and oxygen atoms in total. The van der Waals surface area contributed by atoms with Crippen LogP contribution in [0.15, 0.2) is 115 Å². The number of hydrogen-bond acceptors (Lipinski definition) is 2. The Hall–Kier alpha value is -2.80. The number of aliphatic hydroxyl groups is 1. The normalized spacial score (nSPS) is 22.6. The second kappa shape index (κ2) is 11.1. The highest BCUT2D eigenvalue weighted by Crippen LogP contribution is 2.55. The number of ketones is 1. The quantitative estimate of drug-likeness (QED) is 0.317. The molecule has 0 bridgehead atoms. The Kier molecular flexibility index (Phi) is 8.08. The van der Waals surface area contributed by atoms with Crippen LogP contribution in [0.25, 0.3) is 0 Å². The van der Waals surface area contributed by atoms with E-state index < -0.39 is 13.4 Å². The first-order valence-electron chi connectivity index (χ1n) is 12.9. The maximum Gasteiger partial charge on any atom is 0.164 e. The minimum Gasteiger partial charge on any atom is -0.385 e. The molecule has 0 aromatic heterocycles. The number of aliphatic hydroxyl groups excluding tert-OH is 1. The Balaban J connectivity index is 1.73. The lowest BCUT2D eigenvalue weighted by Gasteiger charge is -2.42. The van der Waals surface area contributed by atoms with Crippen molar-refractivity contribution in [2.24, 2.45) is 17.3 Å². The molecule has 3 aromatic carbocycles. The third-order valence-electron chi connectivity index (χ3n) is 7.78. The molecule has 0 radical (unpaired) electrons. The van der Waals surface area contributed by atoms with E-state index in [1.807, 2.05) is 6.92 Å². The summed E-state index contributed by atoms with van der Waals surface area (Å²) in [5, 5.41) is 14.3. The SMILES string of the molecule is CC(C=CC1C(C)C(=O)C(O)CC1(C)C)=CC[P+](c1ccccc1)(c1ccccc1)c1ccccc1. The predicted octanol–water partition coefficient (Wildman–Crippen LogP) is 6.10. The van der Waals surface area contributed by atoms with E-state index in [0.29, 0.717) is 6.42 Å². The maximum atomic E-state index is 12.5. The van der Waals surface area contributed by atoms with Crippen LogP contribution in [0.2, 0.25) is 0 Å². The minimum atomic E-state index is -1.92. The summed E-state index contributed by atoms with van der Waals surface area (Å²) in [4.78, 5) is 12.5. The third kappa shape index (κ3) is 5.31. The number of Topliss-reactive ketones (excluding diaryl/α,β-unsaturated/α-hetero) is 1. The third-order valence-corrected chi connectivity index (χ3v) is 12.1. The average Bonchev–Trinajstić information content (AvgIpc) is 2.89. The summed E-state index contributed by atoms with van der Waals surface area (Å²) >= 11 is 0. The Morgan fingerprint density at radius 3 is 1.78 bits per heavy atom. The highest BCUT2D eigenvalue weighted by Gasteiger charge is 2.45. The van der Waals surface area contributed by atoms with Gasteiger partial charge in [-0.3, -0.25) is 4.79 Å². The second-order valence-corrected chi connectivity index (χ2v) is 14.3. The van der Waals surface area contributed by atoms with Crippen LogP contribution in [0.4, 0.5) is 0 Å². The number of rotatable bonds is 7. The van der Waals surface area contributed by atoms with Crippen molar-refractivity contribution in [2.45, 2.75) is 40.2 Å². The van der Waals surface area contributed by atoms with E-state index in [1.54, 1.807) is 0 Å². The molecular weight excluding hydrogens is 459 g/mol. The van der Waals surface area contributed by atoms with Crippen LogP contribution in [0, 0.1) is 17.3 Å². The van der Waals surface area contributed by atoms with E-state index in [-0.39, 0.29) is 23.0 Å². The molecule has 0 heterocycles. The molecule has 186 valence electrons. The number of carbonyl (C=O) groups is 1. The zero-order valence-electron chi connectivity index (χ0n) is 21.8. The molecule has 0 saturated heterocycles. The molecule has 1 saturated carbocycles. The van der Waals surface area contributed by atoms with E-state index in [4.69, 9.17) is 0 Å². The monoisotopic (exact) mass is 497 g/mol. The summed E-state index contributed by atoms with van der Waals surface area (Å²) in [7, 11) is -1.92. The van der Waals surface area contributed by atoms with Crippen LogP contribution in [-0.2, 0) is 4.79 Å². The van der Waals surface area contributed by atoms with E-state index in [1.165, 1.54) is 21.5 Å². The summed E-state index contributed by atoms with van der Waals surface area (Å²) in [6.45, 7) is 8.43. The smallest absolute Gasteiger partial charge is 0.164 e. The Bertz CT molecular complexity index is 1120. The first-order chi connectivity index (χ1) is 17.3. The van der Waals surface area contributed by atoms with Crippen molar-refractivity contribution in [3.05, 3.63) is 115 Å². The topological polar surface area (TPSA) is 37.3 Å². The van der Waals surface area contributed by atoms with Gasteiger partial charge in [-0.25, -0.2) is 0 Å². The minimum absolute atomic E-state index is 0.0345. The van der Waals surface area contributed by atoms with E-state index in [0.717, 1.165) is 6.16 Å². The van der Waals surface area contributed by atoms with Gasteiger partial charge in [0.1, 0.15) is 29.3 Å². The Labute approximate surface area is 217 Å². The molecule has 1 aliphatic rings. The highest BCUT2D eigenvalue weighted by molar-refractivity contribution is 7.95. The molecule has 0 spiro atoms. The van der Waals surface area contributed by atoms with Gasteiger partial charge in [-0.05, 0) is 67.2 Å². The summed E-state index contributed by atoms with van der Waals surface area (Å²) < 4.78 is 0. The number of carbonyl (C=O) groups excluding carboxylic acids is 1. The van der Waals surface area contributed by atoms with Crippen LogP contribution in [0.1, 0.15) is 34.1 Å². The number of allylic oxidation sites excluding steroid dienone is 4. The van der Waals surface area contributed by atoms with Gasteiger partial charge >= 0.3 is 0 Å². The van der Waals surface area contributed by atoms with Gasteiger partial charge in [-0.2, -0.15) is 0 Å². The van der Waals surface area contributed by atoms with Gasteiger partial charge in [0.25, 0.3) is 0 Å². The van der Waals surface area contributed by atoms with Crippen LogP contribution >= 0.6 is 7.26 Å². The second-order valence-electron chi connectivity index (χ2n) is 10.7. The lowest BCUT2D eigenvalue weighted by atomic mass is 9.62. The molecule has 1 fully saturated rings. The van der Waals surface area contributed by atoms with Gasteiger partial charge in [-0.1, -0.05) is 93.1 Å². The van der Waals surface area contributed by atoms with Crippen molar-refractivity contribution in [2.75, 3.05) is 6.16 Å². The highest BCUT2D eigenvalue weighted by atomic mass is 31.2. The lowest BCUT2D eigenvalue weighted by Crippen LogP contribution is -2.45. The average molecular weight is 498 g/mol. The molecule has 1 N–H and O–H groups in total. The standard InChI is InChI=1S/C33H38O2P/c1-25(20-21-30-26(2)32(35)31(34)24-33(30,3)4)22-23-36(27-14-8-5-9-15-27,28-16-10-6-11-17-28)29-18-12-7-13-19-29/h5-22,26,30-31,34H,23-24H2,1-4H3/q+1. The molecule has 3 aromatic rings. The number of hydrogen-bond donors (Lipinski definition) is 1. The molecule has 3 heteroatoms. The predicted molar refractivity (Wildman–Crippen MR) is 155 cm³/mol. The molecule has 3 atom stereocenters. The lowest BCUT2D eigenvalue weighted by molar-refractivity contribution is -0.140. The van der Waals surface area contributed by atoms with Crippen molar-refractivity contribution in [3.63, 3.8) is 0 Å². The fraction of sp³-hybridized carbons (Fsp3) is 0.303. The maximum absolute atomic E-state index is 12.5. The summed E-state index contributed by atoms with van der Waals surface area (Å²) in [5.41, 5.74) is 1.07. The molecule has 0 aliphatic heterocycles. The zero-order chi connectivity index (χ0) is 25.8. The number of benzene rings is 3. The van der Waals surface area contributed by atoms with Crippen molar-refractivity contribution in [1.82, 2.24) is 0 Å². The molecule has 3 unspecified atom stereocenters. The van der Waals surface area contributed by atoms with E-state index >= 15 is 0 Å².